The number of nitrogens with one attached hydrogen (secondary N) is 1. The number of nitrogens with zero attached hydrogens (tertiary/aromatic N) is 2. The first-order chi connectivity index (χ1) is 17.8. The molecule has 2 fully saturated rings. The highest BCUT2D eigenvalue weighted by Crippen LogP contribution is 2.55. The number of carbonyl (C=O) groups is 2. The second-order valence-electron chi connectivity index (χ2n) is 9.50. The summed E-state index contributed by atoms with van der Waals surface area (Å²) in [6, 6.07) is 4.31. The van der Waals surface area contributed by atoms with Gasteiger partial charge in [0.15, 0.2) is 17.2 Å². The molecule has 1 aromatic heterocycles. The quantitative estimate of drug-likeness (QED) is 0.555. The average molecular weight is 545 g/mol. The van der Waals surface area contributed by atoms with Crippen molar-refractivity contribution in [1.29, 1.82) is 0 Å². The normalized spacial score (nSPS) is 27.4. The fraction of sp³-hybridized carbons (Fsp3) is 0.480. The zero-order valence-electron chi connectivity index (χ0n) is 20.6. The van der Waals surface area contributed by atoms with Gasteiger partial charge in [0.05, 0.1) is 13.7 Å². The maximum Gasteiger partial charge on any atom is 0.417 e. The summed E-state index contributed by atoms with van der Waals surface area (Å²) in [6.07, 6.45) is -6.47. The predicted octanol–water partition coefficient (Wildman–Crippen LogP) is 4.63. The molecule has 13 heteroatoms. The number of halogens is 6. The van der Waals surface area contributed by atoms with Crippen LogP contribution in [0, 0.1) is 17.6 Å². The molecule has 1 aromatic carbocycles. The molecule has 0 spiro atoms. The molecule has 3 heterocycles. The number of carbonyl (C=O) groups excluding carboxylic acids is 2. The van der Waals surface area contributed by atoms with E-state index in [9.17, 15) is 35.9 Å². The molecule has 4 rings (SSSR count). The Hall–Kier alpha value is -3.35. The standard InChI is InChI=1S/C25H25F6N3O4/c1-12-18(15-4-5-16(27)19(28)20(15)37-3)21(38-24(12,2)25(29,30)31)22(35)33-14-6-8-32-17(10-14)23(36)34-9-7-13(26)11-34/h4-6,8,10,12-13,18,21H,7,9,11H2,1-3H3,(H,32,33,35)/t12-,13-,18-,21+,24+/m0/s1. The van der Waals surface area contributed by atoms with E-state index in [1.807, 2.05) is 0 Å². The number of benzene rings is 1. The van der Waals surface area contributed by atoms with Gasteiger partial charge in [0.25, 0.3) is 11.8 Å². The Morgan fingerprint density at radius 1 is 1.24 bits per heavy atom. The van der Waals surface area contributed by atoms with Gasteiger partial charge in [-0.1, -0.05) is 13.0 Å². The number of ether oxygens (including phenoxy) is 2. The van der Waals surface area contributed by atoms with E-state index in [0.717, 1.165) is 26.2 Å². The fourth-order valence-electron chi connectivity index (χ4n) is 4.94. The summed E-state index contributed by atoms with van der Waals surface area (Å²) in [7, 11) is 1.03. The number of hydrogen-bond acceptors (Lipinski definition) is 5. The zero-order valence-corrected chi connectivity index (χ0v) is 20.6. The van der Waals surface area contributed by atoms with Crippen LogP contribution in [0.5, 0.6) is 5.75 Å². The Morgan fingerprint density at radius 2 is 1.95 bits per heavy atom. The molecule has 2 aliphatic heterocycles. The lowest BCUT2D eigenvalue weighted by atomic mass is 9.77. The minimum absolute atomic E-state index is 0.0252. The van der Waals surface area contributed by atoms with Gasteiger partial charge in [0.2, 0.25) is 5.82 Å². The molecule has 0 unspecified atom stereocenters. The van der Waals surface area contributed by atoms with Gasteiger partial charge in [-0.2, -0.15) is 17.6 Å². The highest BCUT2D eigenvalue weighted by Gasteiger charge is 2.66. The van der Waals surface area contributed by atoms with Gasteiger partial charge < -0.3 is 19.7 Å². The van der Waals surface area contributed by atoms with Crippen LogP contribution in [-0.4, -0.2) is 66.0 Å². The van der Waals surface area contributed by atoms with Crippen LogP contribution in [0.1, 0.15) is 42.2 Å². The van der Waals surface area contributed by atoms with Crippen LogP contribution < -0.4 is 10.1 Å². The van der Waals surface area contributed by atoms with Crippen molar-refractivity contribution in [2.45, 2.75) is 50.2 Å². The molecule has 7 nitrogen and oxygen atoms in total. The van der Waals surface area contributed by atoms with Crippen molar-refractivity contribution in [3.8, 4) is 5.75 Å². The molecule has 38 heavy (non-hydrogen) atoms. The van der Waals surface area contributed by atoms with Crippen LogP contribution in [0.4, 0.5) is 32.0 Å². The second kappa shape index (κ2) is 10.1. The molecule has 0 radical (unpaired) electrons. The molecule has 0 aliphatic carbocycles. The van der Waals surface area contributed by atoms with E-state index in [0.29, 0.717) is 0 Å². The first-order valence-corrected chi connectivity index (χ1v) is 11.7. The van der Waals surface area contributed by atoms with Crippen molar-refractivity contribution >= 4 is 17.5 Å². The number of alkyl halides is 4. The van der Waals surface area contributed by atoms with Crippen LogP contribution in [-0.2, 0) is 9.53 Å². The van der Waals surface area contributed by atoms with Crippen molar-refractivity contribution in [1.82, 2.24) is 9.88 Å². The first-order valence-electron chi connectivity index (χ1n) is 11.7. The minimum Gasteiger partial charge on any atom is -0.493 e. The van der Waals surface area contributed by atoms with Crippen LogP contribution in [0.15, 0.2) is 30.5 Å². The largest absolute Gasteiger partial charge is 0.493 e. The number of hydrogen-bond donors (Lipinski definition) is 1. The van der Waals surface area contributed by atoms with E-state index in [-0.39, 0.29) is 36.5 Å². The molecule has 1 N–H and O–H groups in total. The summed E-state index contributed by atoms with van der Waals surface area (Å²) in [6.45, 7) is 2.07. The zero-order chi connectivity index (χ0) is 28.0. The summed E-state index contributed by atoms with van der Waals surface area (Å²) in [5, 5.41) is 2.43. The Labute approximate surface area is 214 Å². The summed E-state index contributed by atoms with van der Waals surface area (Å²) < 4.78 is 94.4. The van der Waals surface area contributed by atoms with Gasteiger partial charge in [0, 0.05) is 35.8 Å². The number of pyridine rings is 1. The van der Waals surface area contributed by atoms with Gasteiger partial charge >= 0.3 is 6.18 Å². The number of aromatic nitrogens is 1. The molecule has 2 amide bonds. The third-order valence-electron chi connectivity index (χ3n) is 7.24. The van der Waals surface area contributed by atoms with E-state index >= 15 is 0 Å². The number of anilines is 1. The Balaban J connectivity index is 1.67. The van der Waals surface area contributed by atoms with E-state index in [2.05, 4.69) is 10.3 Å². The van der Waals surface area contributed by atoms with E-state index in [1.54, 1.807) is 0 Å². The molecule has 2 aromatic rings. The van der Waals surface area contributed by atoms with Crippen LogP contribution in [0.2, 0.25) is 0 Å². The predicted molar refractivity (Wildman–Crippen MR) is 122 cm³/mol. The number of amides is 2. The molecule has 0 saturated carbocycles. The van der Waals surface area contributed by atoms with Crippen molar-refractivity contribution in [3.63, 3.8) is 0 Å². The van der Waals surface area contributed by atoms with Crippen molar-refractivity contribution < 1.29 is 45.4 Å². The summed E-state index contributed by atoms with van der Waals surface area (Å²) in [5.41, 5.74) is -3.06. The lowest BCUT2D eigenvalue weighted by molar-refractivity contribution is -0.272. The number of rotatable bonds is 5. The van der Waals surface area contributed by atoms with Crippen molar-refractivity contribution in [2.75, 3.05) is 25.5 Å². The number of likely N-dealkylation sites (tertiary alicyclic amines) is 1. The molecule has 5 atom stereocenters. The third-order valence-corrected chi connectivity index (χ3v) is 7.24. The minimum atomic E-state index is -4.91. The molecule has 2 saturated heterocycles. The van der Waals surface area contributed by atoms with Crippen LogP contribution in [0.25, 0.3) is 0 Å². The lowest BCUT2D eigenvalue weighted by Gasteiger charge is -2.32. The summed E-state index contributed by atoms with van der Waals surface area (Å²) >= 11 is 0. The van der Waals surface area contributed by atoms with E-state index < -0.39 is 65.1 Å². The van der Waals surface area contributed by atoms with Gasteiger partial charge in [-0.15, -0.1) is 0 Å². The topological polar surface area (TPSA) is 80.8 Å². The van der Waals surface area contributed by atoms with Gasteiger partial charge in [0.1, 0.15) is 18.0 Å². The lowest BCUT2D eigenvalue weighted by Crippen LogP contribution is -2.47. The summed E-state index contributed by atoms with van der Waals surface area (Å²) in [4.78, 5) is 31.2. The van der Waals surface area contributed by atoms with E-state index in [4.69, 9.17) is 9.47 Å². The van der Waals surface area contributed by atoms with Crippen LogP contribution >= 0.6 is 0 Å². The Bertz CT molecular complexity index is 1240. The van der Waals surface area contributed by atoms with Crippen LogP contribution in [0.3, 0.4) is 0 Å². The molecule has 206 valence electrons. The maximum atomic E-state index is 14.5. The van der Waals surface area contributed by atoms with Gasteiger partial charge in [-0.3, -0.25) is 14.6 Å². The monoisotopic (exact) mass is 545 g/mol. The SMILES string of the molecule is COc1c([C@H]2[C@H](C(=O)Nc3ccnc(C(=O)N4CC[C@H](F)C4)c3)O[C@@](C)(C(F)(F)F)[C@H]2C)ccc(F)c1F. The van der Waals surface area contributed by atoms with Crippen molar-refractivity contribution in [3.05, 3.63) is 53.4 Å². The second-order valence-corrected chi connectivity index (χ2v) is 9.50. The van der Waals surface area contributed by atoms with E-state index in [1.165, 1.54) is 30.2 Å². The maximum absolute atomic E-state index is 14.5. The first kappa shape index (κ1) is 27.7. The smallest absolute Gasteiger partial charge is 0.417 e. The Morgan fingerprint density at radius 3 is 2.55 bits per heavy atom. The highest BCUT2D eigenvalue weighted by atomic mass is 19.4. The highest BCUT2D eigenvalue weighted by molar-refractivity contribution is 5.98. The van der Waals surface area contributed by atoms with Crippen molar-refractivity contribution in [2.24, 2.45) is 5.92 Å². The van der Waals surface area contributed by atoms with Gasteiger partial charge in [-0.25, -0.2) is 8.78 Å². The number of methoxy groups -OCH3 is 1. The average Bonchev–Trinajstić information content (AvgIpc) is 3.41. The molecule has 2 aliphatic rings. The molecular weight excluding hydrogens is 520 g/mol. The molecular formula is C25H25F6N3O4. The summed E-state index contributed by atoms with van der Waals surface area (Å²) in [5.74, 6) is -7.72. The van der Waals surface area contributed by atoms with Gasteiger partial charge in [-0.05, 0) is 31.5 Å². The Kier molecular flexibility index (Phi) is 7.34. The molecule has 0 bridgehead atoms. The third kappa shape index (κ3) is 4.79. The fourth-order valence-corrected chi connectivity index (χ4v) is 4.94.